The fraction of sp³-hybridized carbons (Fsp3) is 0.0556. The van der Waals surface area contributed by atoms with Crippen LogP contribution in [-0.4, -0.2) is 9.97 Å². The molecule has 0 amide bonds. The van der Waals surface area contributed by atoms with Crippen LogP contribution in [0.4, 0.5) is 10.1 Å². The molecule has 0 saturated heterocycles. The minimum atomic E-state index is -0.263. The Balaban J connectivity index is 1.82. The first kappa shape index (κ1) is 13.6. The van der Waals surface area contributed by atoms with E-state index in [1.165, 1.54) is 12.1 Å². The molecule has 0 radical (unpaired) electrons. The molecular weight excluding hydrogens is 293 g/mol. The predicted molar refractivity (Wildman–Crippen MR) is 86.7 cm³/mol. The molecule has 1 aromatic carbocycles. The van der Waals surface area contributed by atoms with E-state index >= 15 is 0 Å². The van der Waals surface area contributed by atoms with Crippen molar-refractivity contribution in [1.82, 2.24) is 9.97 Å². The van der Waals surface area contributed by atoms with Crippen LogP contribution in [0, 0.1) is 5.82 Å². The fourth-order valence-corrected chi connectivity index (χ4v) is 2.73. The summed E-state index contributed by atoms with van der Waals surface area (Å²) in [5.41, 5.74) is 2.72. The van der Waals surface area contributed by atoms with Gasteiger partial charge in [-0.05, 0) is 42.5 Å². The maximum Gasteiger partial charge on any atom is 0.130 e. The smallest absolute Gasteiger partial charge is 0.130 e. The van der Waals surface area contributed by atoms with Crippen molar-refractivity contribution in [3.05, 3.63) is 84.5 Å². The van der Waals surface area contributed by atoms with E-state index in [1.54, 1.807) is 24.7 Å². The minimum Gasteiger partial charge on any atom is -0.467 e. The van der Waals surface area contributed by atoms with Gasteiger partial charge >= 0.3 is 0 Å². The molecule has 3 heterocycles. The molecular formula is C18H14FN3O. The van der Waals surface area contributed by atoms with E-state index in [0.29, 0.717) is 0 Å². The normalized spacial score (nSPS) is 12.4. The molecule has 0 aliphatic heterocycles. The summed E-state index contributed by atoms with van der Waals surface area (Å²) in [5, 5.41) is 4.25. The van der Waals surface area contributed by atoms with Crippen molar-refractivity contribution in [1.29, 1.82) is 0 Å². The van der Waals surface area contributed by atoms with Crippen LogP contribution in [0.25, 0.3) is 10.9 Å². The van der Waals surface area contributed by atoms with E-state index in [2.05, 4.69) is 15.3 Å². The Morgan fingerprint density at radius 3 is 2.78 bits per heavy atom. The molecule has 0 fully saturated rings. The quantitative estimate of drug-likeness (QED) is 0.584. The highest BCUT2D eigenvalue weighted by Gasteiger charge is 2.20. The Labute approximate surface area is 132 Å². The van der Waals surface area contributed by atoms with Gasteiger partial charge in [-0.1, -0.05) is 0 Å². The lowest BCUT2D eigenvalue weighted by Gasteiger charge is -2.17. The molecule has 5 heteroatoms. The molecule has 0 bridgehead atoms. The number of rotatable bonds is 4. The number of fused-ring (bicyclic) bond motifs is 1. The Bertz CT molecular complexity index is 916. The lowest BCUT2D eigenvalue weighted by molar-refractivity contribution is 0.499. The van der Waals surface area contributed by atoms with E-state index < -0.39 is 0 Å². The summed E-state index contributed by atoms with van der Waals surface area (Å²) in [7, 11) is 0. The van der Waals surface area contributed by atoms with Crippen LogP contribution < -0.4 is 5.32 Å². The molecule has 0 aliphatic rings. The molecule has 0 aliphatic carbocycles. The second-order valence-electron chi connectivity index (χ2n) is 5.26. The summed E-state index contributed by atoms with van der Waals surface area (Å²) in [6.07, 6.45) is 6.95. The number of nitrogens with one attached hydrogen (secondary N) is 2. The van der Waals surface area contributed by atoms with Gasteiger partial charge in [-0.3, -0.25) is 4.98 Å². The number of hydrogen-bond donors (Lipinski definition) is 2. The monoisotopic (exact) mass is 307 g/mol. The van der Waals surface area contributed by atoms with Crippen LogP contribution in [0.15, 0.2) is 71.7 Å². The summed E-state index contributed by atoms with van der Waals surface area (Å²) in [5.74, 6) is 0.493. The molecule has 114 valence electrons. The van der Waals surface area contributed by atoms with Gasteiger partial charge in [0.25, 0.3) is 0 Å². The first-order valence-electron chi connectivity index (χ1n) is 7.28. The molecule has 1 atom stereocenters. The average molecular weight is 307 g/mol. The standard InChI is InChI=1S/C18H14FN3O/c19-12-3-4-16-14(10-12)15(11-21-16)18(17-2-1-9-23-17)22-13-5-7-20-8-6-13/h1-11,18,21H,(H,20,22). The average Bonchev–Trinajstić information content (AvgIpc) is 3.23. The van der Waals surface area contributed by atoms with Gasteiger partial charge in [0.1, 0.15) is 17.6 Å². The summed E-state index contributed by atoms with van der Waals surface area (Å²) >= 11 is 0. The molecule has 4 rings (SSSR count). The van der Waals surface area contributed by atoms with Gasteiger partial charge in [0.05, 0.1) is 6.26 Å². The molecule has 4 aromatic rings. The number of nitrogens with zero attached hydrogens (tertiary/aromatic N) is 1. The number of aromatic nitrogens is 2. The van der Waals surface area contributed by atoms with E-state index in [1.807, 2.05) is 30.5 Å². The zero-order valence-corrected chi connectivity index (χ0v) is 12.2. The first-order chi connectivity index (χ1) is 11.3. The summed E-state index contributed by atoms with van der Waals surface area (Å²) < 4.78 is 19.2. The highest BCUT2D eigenvalue weighted by Crippen LogP contribution is 2.32. The van der Waals surface area contributed by atoms with Crippen LogP contribution in [0.2, 0.25) is 0 Å². The SMILES string of the molecule is Fc1ccc2[nH]cc(C(Nc3ccncc3)c3ccco3)c2c1. The maximum atomic E-state index is 13.7. The molecule has 2 N–H and O–H groups in total. The van der Waals surface area contributed by atoms with Crippen molar-refractivity contribution in [2.75, 3.05) is 5.32 Å². The van der Waals surface area contributed by atoms with Gasteiger partial charge in [0.2, 0.25) is 0 Å². The topological polar surface area (TPSA) is 53.9 Å². The van der Waals surface area contributed by atoms with Gasteiger partial charge in [-0.15, -0.1) is 0 Å². The third-order valence-electron chi connectivity index (χ3n) is 3.81. The van der Waals surface area contributed by atoms with E-state index in [-0.39, 0.29) is 11.9 Å². The second-order valence-corrected chi connectivity index (χ2v) is 5.26. The largest absolute Gasteiger partial charge is 0.467 e. The number of aromatic amines is 1. The number of H-pyrrole nitrogens is 1. The Hall–Kier alpha value is -3.08. The van der Waals surface area contributed by atoms with Gasteiger partial charge in [-0.25, -0.2) is 4.39 Å². The van der Waals surface area contributed by atoms with E-state index in [0.717, 1.165) is 27.9 Å². The van der Waals surface area contributed by atoms with Gasteiger partial charge in [0, 0.05) is 40.7 Å². The van der Waals surface area contributed by atoms with Crippen molar-refractivity contribution in [2.24, 2.45) is 0 Å². The molecule has 0 spiro atoms. The number of hydrogen-bond acceptors (Lipinski definition) is 3. The zero-order chi connectivity index (χ0) is 15.6. The first-order valence-corrected chi connectivity index (χ1v) is 7.28. The number of pyridine rings is 1. The molecule has 1 unspecified atom stereocenters. The van der Waals surface area contributed by atoms with Crippen molar-refractivity contribution in [3.8, 4) is 0 Å². The molecule has 23 heavy (non-hydrogen) atoms. The molecule has 0 saturated carbocycles. The predicted octanol–water partition coefficient (Wildman–Crippen LogP) is 4.50. The lowest BCUT2D eigenvalue weighted by Crippen LogP contribution is -2.11. The summed E-state index contributed by atoms with van der Waals surface area (Å²) in [4.78, 5) is 7.20. The van der Waals surface area contributed by atoms with E-state index in [4.69, 9.17) is 4.42 Å². The van der Waals surface area contributed by atoms with Gasteiger partial charge in [-0.2, -0.15) is 0 Å². The fourth-order valence-electron chi connectivity index (χ4n) is 2.73. The summed E-state index contributed by atoms with van der Waals surface area (Å²) in [6, 6.07) is 12.0. The van der Waals surface area contributed by atoms with Gasteiger partial charge in [0.15, 0.2) is 0 Å². The van der Waals surface area contributed by atoms with Crippen LogP contribution in [-0.2, 0) is 0 Å². The highest BCUT2D eigenvalue weighted by atomic mass is 19.1. The zero-order valence-electron chi connectivity index (χ0n) is 12.2. The molecule has 3 aromatic heterocycles. The van der Waals surface area contributed by atoms with Crippen molar-refractivity contribution in [2.45, 2.75) is 6.04 Å². The highest BCUT2D eigenvalue weighted by molar-refractivity contribution is 5.84. The van der Waals surface area contributed by atoms with E-state index in [9.17, 15) is 4.39 Å². The van der Waals surface area contributed by atoms with Crippen LogP contribution in [0.3, 0.4) is 0 Å². The Morgan fingerprint density at radius 2 is 2.00 bits per heavy atom. The number of halogens is 1. The van der Waals surface area contributed by atoms with Gasteiger partial charge < -0.3 is 14.7 Å². The number of furan rings is 1. The van der Waals surface area contributed by atoms with Crippen molar-refractivity contribution >= 4 is 16.6 Å². The second kappa shape index (κ2) is 5.61. The minimum absolute atomic E-state index is 0.233. The molecule has 4 nitrogen and oxygen atoms in total. The number of benzene rings is 1. The Kier molecular flexibility index (Phi) is 3.31. The third kappa shape index (κ3) is 2.57. The summed E-state index contributed by atoms with van der Waals surface area (Å²) in [6.45, 7) is 0. The number of anilines is 1. The van der Waals surface area contributed by atoms with Crippen LogP contribution in [0.5, 0.6) is 0 Å². The maximum absolute atomic E-state index is 13.7. The van der Waals surface area contributed by atoms with Crippen molar-refractivity contribution in [3.63, 3.8) is 0 Å². The lowest BCUT2D eigenvalue weighted by atomic mass is 10.0. The Morgan fingerprint density at radius 1 is 1.13 bits per heavy atom. The van der Waals surface area contributed by atoms with Crippen LogP contribution >= 0.6 is 0 Å². The van der Waals surface area contributed by atoms with Crippen LogP contribution in [0.1, 0.15) is 17.4 Å². The third-order valence-corrected chi connectivity index (χ3v) is 3.81. The van der Waals surface area contributed by atoms with Crippen molar-refractivity contribution < 1.29 is 8.81 Å².